The first-order valence-electron chi connectivity index (χ1n) is 4.18. The molecule has 0 aliphatic carbocycles. The summed E-state index contributed by atoms with van der Waals surface area (Å²) in [6.45, 7) is 26.5. The van der Waals surface area contributed by atoms with E-state index in [2.05, 4.69) is 51.0 Å². The summed E-state index contributed by atoms with van der Waals surface area (Å²) in [7, 11) is 0. The normalized spacial score (nSPS) is 15.8. The Kier molecular flexibility index (Phi) is 4.68. The molecule has 0 aromatic rings. The number of rotatable bonds is 6. The average molecular weight is 284 g/mol. The molecule has 0 bridgehead atoms. The lowest BCUT2D eigenvalue weighted by Crippen LogP contribution is -2.55. The lowest BCUT2D eigenvalue weighted by molar-refractivity contribution is -0.509. The molecule has 2 nitrogen and oxygen atoms in total. The van der Waals surface area contributed by atoms with E-state index in [-0.39, 0.29) is 0 Å². The Labute approximate surface area is 108 Å². The van der Waals surface area contributed by atoms with Gasteiger partial charge in [0.1, 0.15) is 0 Å². The van der Waals surface area contributed by atoms with Crippen LogP contribution in [0.15, 0.2) is 0 Å². The van der Waals surface area contributed by atoms with Crippen molar-refractivity contribution in [2.45, 2.75) is 23.9 Å². The fraction of sp³-hybridized carbons (Fsp3) is 0.455. The van der Waals surface area contributed by atoms with Crippen molar-refractivity contribution in [2.75, 3.05) is 0 Å². The van der Waals surface area contributed by atoms with Crippen LogP contribution in [0.2, 0.25) is 0 Å². The number of ether oxygens (including phenoxy) is 2. The van der Waals surface area contributed by atoms with Gasteiger partial charge in [0, 0.05) is 20.8 Å². The molecular weight excluding hydrogens is 278 g/mol. The quantitative estimate of drug-likeness (QED) is 0.551. The average Bonchev–Trinajstić information content (AvgIpc) is 1.92. The number of halogens is 6. The maximum Gasteiger partial charge on any atom is 0.490 e. The Morgan fingerprint density at radius 2 is 1.00 bits per heavy atom. The van der Waals surface area contributed by atoms with E-state index in [0.29, 0.717) is 0 Å². The van der Waals surface area contributed by atoms with Crippen LogP contribution in [0.1, 0.15) is 0 Å². The third-order valence-electron chi connectivity index (χ3n) is 1.45. The Bertz CT molecular complexity index is 314. The standard InChI is InChI=1S/C11H6F6O2/c1-7(2,3)9(12,13)10(14,15)19-11(16,17)18-8(4,5)6/h1-6H. The highest BCUT2D eigenvalue weighted by Crippen LogP contribution is 2.49. The van der Waals surface area contributed by atoms with Crippen molar-refractivity contribution in [3.8, 4) is 0 Å². The lowest BCUT2D eigenvalue weighted by atomic mass is 9.87. The second-order valence-corrected chi connectivity index (χ2v) is 3.55. The van der Waals surface area contributed by atoms with Gasteiger partial charge in [-0.15, -0.1) is 8.78 Å². The van der Waals surface area contributed by atoms with Crippen molar-refractivity contribution in [2.24, 2.45) is 5.41 Å². The van der Waals surface area contributed by atoms with Gasteiger partial charge in [0.25, 0.3) is 0 Å². The molecule has 0 atom stereocenters. The van der Waals surface area contributed by atoms with Gasteiger partial charge in [-0.3, -0.25) is 4.74 Å². The summed E-state index contributed by atoms with van der Waals surface area (Å²) < 4.78 is 82.6. The van der Waals surface area contributed by atoms with Crippen LogP contribution in [0, 0.1) is 47.0 Å². The number of hydrogen-bond acceptors (Lipinski definition) is 2. The zero-order valence-corrected chi connectivity index (χ0v) is 9.05. The Balaban J connectivity index is 5.16. The topological polar surface area (TPSA) is 18.5 Å². The summed E-state index contributed by atoms with van der Waals surface area (Å²) in [6.07, 6.45) is -11.3. The molecule has 19 heavy (non-hydrogen) atoms. The van der Waals surface area contributed by atoms with Crippen LogP contribution >= 0.6 is 0 Å². The number of alkyl halides is 6. The molecule has 0 aliphatic rings. The van der Waals surface area contributed by atoms with E-state index in [1.54, 1.807) is 0 Å². The van der Waals surface area contributed by atoms with Gasteiger partial charge in [-0.2, -0.15) is 17.6 Å². The van der Waals surface area contributed by atoms with Crippen LogP contribution < -0.4 is 0 Å². The molecule has 0 fully saturated rings. The highest BCUT2D eigenvalue weighted by atomic mass is 19.3. The molecule has 0 aliphatic heterocycles. The van der Waals surface area contributed by atoms with Crippen molar-refractivity contribution in [1.29, 1.82) is 0 Å². The molecule has 104 valence electrons. The molecule has 8 heteroatoms. The van der Waals surface area contributed by atoms with E-state index < -0.39 is 29.3 Å². The second-order valence-electron chi connectivity index (χ2n) is 3.55. The van der Waals surface area contributed by atoms with Crippen LogP contribution in [0.5, 0.6) is 0 Å². The highest BCUT2D eigenvalue weighted by Gasteiger charge is 2.68. The molecular formula is C11H6F6O2. The first kappa shape index (κ1) is 18.5. The summed E-state index contributed by atoms with van der Waals surface area (Å²) in [5, 5.41) is 0. The van der Waals surface area contributed by atoms with E-state index in [4.69, 9.17) is 0 Å². The third kappa shape index (κ3) is 4.83. The van der Waals surface area contributed by atoms with Crippen LogP contribution in [0.25, 0.3) is 0 Å². The molecule has 0 amide bonds. The largest absolute Gasteiger partial charge is 0.490 e. The summed E-state index contributed by atoms with van der Waals surface area (Å²) in [5.41, 5.74) is -7.00. The van der Waals surface area contributed by atoms with Gasteiger partial charge in [-0.1, -0.05) is 0 Å². The maximum absolute atomic E-state index is 12.9. The molecule has 0 N–H and O–H groups in total. The predicted molar refractivity (Wildman–Crippen MR) is 48.0 cm³/mol. The molecule has 0 unspecified atom stereocenters. The van der Waals surface area contributed by atoms with Crippen molar-refractivity contribution in [3.05, 3.63) is 41.5 Å². The number of hydrogen-bond donors (Lipinski definition) is 0. The molecule has 12 radical (unpaired) electrons. The Hall–Kier alpha value is -0.500. The molecule has 0 heterocycles. The van der Waals surface area contributed by atoms with Crippen molar-refractivity contribution < 1.29 is 35.8 Å². The summed E-state index contributed by atoms with van der Waals surface area (Å²) in [5.74, 6) is -5.59. The van der Waals surface area contributed by atoms with E-state index in [1.165, 1.54) is 0 Å². The van der Waals surface area contributed by atoms with Crippen LogP contribution in [-0.2, 0) is 9.47 Å². The van der Waals surface area contributed by atoms with E-state index in [1.807, 2.05) is 0 Å². The van der Waals surface area contributed by atoms with Crippen molar-refractivity contribution >= 4 is 0 Å². The summed E-state index contributed by atoms with van der Waals surface area (Å²) in [6, 6.07) is 0. The highest BCUT2D eigenvalue weighted by molar-refractivity contribution is 5.03. The minimum Gasteiger partial charge on any atom is -0.288 e. The predicted octanol–water partition coefficient (Wildman–Crippen LogP) is 2.79. The maximum atomic E-state index is 12.9. The first-order valence-corrected chi connectivity index (χ1v) is 4.18. The van der Waals surface area contributed by atoms with Gasteiger partial charge >= 0.3 is 18.3 Å². The van der Waals surface area contributed by atoms with Crippen LogP contribution in [0.3, 0.4) is 0 Å². The van der Waals surface area contributed by atoms with Gasteiger partial charge in [0.15, 0.2) is 0 Å². The third-order valence-corrected chi connectivity index (χ3v) is 1.45. The van der Waals surface area contributed by atoms with Crippen molar-refractivity contribution in [1.82, 2.24) is 0 Å². The van der Waals surface area contributed by atoms with Gasteiger partial charge < -0.3 is 0 Å². The van der Waals surface area contributed by atoms with Gasteiger partial charge in [-0.25, -0.2) is 4.74 Å². The summed E-state index contributed by atoms with van der Waals surface area (Å²) in [4.78, 5) is 0. The molecule has 0 rings (SSSR count). The monoisotopic (exact) mass is 284 g/mol. The molecule has 0 aromatic heterocycles. The van der Waals surface area contributed by atoms with Gasteiger partial charge in [0.2, 0.25) is 0 Å². The lowest BCUT2D eigenvalue weighted by Gasteiger charge is -2.36. The smallest absolute Gasteiger partial charge is 0.288 e. The second kappa shape index (κ2) is 4.80. The van der Waals surface area contributed by atoms with E-state index in [9.17, 15) is 26.3 Å². The Morgan fingerprint density at radius 3 is 1.26 bits per heavy atom. The molecule has 0 aromatic carbocycles. The minimum absolute atomic E-state index is 2.47. The zero-order valence-electron chi connectivity index (χ0n) is 9.05. The SMILES string of the molecule is [CH]C([CH])([CH])OC(F)(F)OC(F)(F)C(F)(F)C([CH])([CH])[CH]. The molecule has 0 spiro atoms. The van der Waals surface area contributed by atoms with Gasteiger partial charge in [0.05, 0.1) is 11.0 Å². The van der Waals surface area contributed by atoms with Gasteiger partial charge in [-0.05, 0) is 20.8 Å². The summed E-state index contributed by atoms with van der Waals surface area (Å²) >= 11 is 0. The fourth-order valence-corrected chi connectivity index (χ4v) is 0.692. The van der Waals surface area contributed by atoms with Crippen LogP contribution in [-0.4, -0.2) is 23.9 Å². The first-order chi connectivity index (χ1) is 7.91. The minimum atomic E-state index is -5.92. The van der Waals surface area contributed by atoms with E-state index >= 15 is 0 Å². The van der Waals surface area contributed by atoms with Crippen molar-refractivity contribution in [3.63, 3.8) is 0 Å². The van der Waals surface area contributed by atoms with Crippen LogP contribution in [0.4, 0.5) is 26.3 Å². The Morgan fingerprint density at radius 1 is 0.632 bits per heavy atom. The van der Waals surface area contributed by atoms with E-state index in [0.717, 1.165) is 0 Å². The fourth-order valence-electron chi connectivity index (χ4n) is 0.692. The zero-order chi connectivity index (χ0) is 15.9. The molecule has 0 saturated carbocycles. The molecule has 0 saturated heterocycles.